The van der Waals surface area contributed by atoms with Crippen molar-refractivity contribution >= 4 is 17.0 Å². The van der Waals surface area contributed by atoms with Gasteiger partial charge in [-0.1, -0.05) is 6.92 Å². The van der Waals surface area contributed by atoms with Gasteiger partial charge in [-0.25, -0.2) is 0 Å². The van der Waals surface area contributed by atoms with Crippen molar-refractivity contribution in [2.45, 2.75) is 26.4 Å². The minimum atomic E-state index is -0.392. The highest BCUT2D eigenvalue weighted by atomic mass is 32.1. The van der Waals surface area contributed by atoms with Crippen molar-refractivity contribution in [1.29, 1.82) is 0 Å². The molecule has 6 heteroatoms. The van der Waals surface area contributed by atoms with E-state index in [1.165, 1.54) is 17.0 Å². The number of benzene rings is 1. The quantitative estimate of drug-likeness (QED) is 0.605. The van der Waals surface area contributed by atoms with Crippen molar-refractivity contribution in [3.05, 3.63) is 51.4 Å². The Hall–Kier alpha value is -1.76. The van der Waals surface area contributed by atoms with E-state index in [0.29, 0.717) is 0 Å². The number of non-ortho nitro benzene ring substituents is 1. The molecule has 1 aromatic heterocycles. The highest BCUT2D eigenvalue weighted by molar-refractivity contribution is 7.15. The predicted octanol–water partition coefficient (Wildman–Crippen LogP) is 3.43. The molecule has 0 bridgehead atoms. The van der Waals surface area contributed by atoms with Crippen molar-refractivity contribution in [3.63, 3.8) is 0 Å². The fourth-order valence-corrected chi connectivity index (χ4v) is 2.96. The number of nitrogens with one attached hydrogen (secondary N) is 1. The molecule has 0 aliphatic heterocycles. The molecule has 1 aromatic carbocycles. The van der Waals surface area contributed by atoms with Crippen LogP contribution in [0.3, 0.4) is 0 Å². The van der Waals surface area contributed by atoms with Gasteiger partial charge in [-0.15, -0.1) is 11.3 Å². The number of nitro benzene ring substituents is 1. The van der Waals surface area contributed by atoms with Gasteiger partial charge in [0.05, 0.1) is 4.92 Å². The second-order valence-corrected chi connectivity index (χ2v) is 6.57. The van der Waals surface area contributed by atoms with E-state index < -0.39 is 4.92 Å². The van der Waals surface area contributed by atoms with Gasteiger partial charge >= 0.3 is 0 Å². The molecule has 5 nitrogen and oxygen atoms in total. The van der Waals surface area contributed by atoms with E-state index in [9.17, 15) is 10.1 Å². The van der Waals surface area contributed by atoms with Gasteiger partial charge in [-0.05, 0) is 42.7 Å². The van der Waals surface area contributed by atoms with Gasteiger partial charge in [-0.3, -0.25) is 10.1 Å². The first-order chi connectivity index (χ1) is 10.5. The Labute approximate surface area is 133 Å². The average molecular weight is 320 g/mol. The molecule has 0 fully saturated rings. The summed E-state index contributed by atoms with van der Waals surface area (Å²) in [6.07, 6.45) is 0. The zero-order valence-electron chi connectivity index (χ0n) is 12.7. The van der Waals surface area contributed by atoms with Gasteiger partial charge in [0.15, 0.2) is 0 Å². The molecular weight excluding hydrogens is 300 g/mol. The zero-order valence-corrected chi connectivity index (χ0v) is 13.5. The minimum absolute atomic E-state index is 0.106. The summed E-state index contributed by atoms with van der Waals surface area (Å²) in [5, 5.41) is 23.2. The molecule has 0 radical (unpaired) electrons. The van der Waals surface area contributed by atoms with Gasteiger partial charge in [0.1, 0.15) is 0 Å². The molecule has 0 aliphatic rings. The second kappa shape index (κ2) is 7.49. The maximum absolute atomic E-state index is 10.7. The minimum Gasteiger partial charge on any atom is -0.396 e. The Morgan fingerprint density at radius 3 is 2.50 bits per heavy atom. The van der Waals surface area contributed by atoms with Crippen LogP contribution >= 0.6 is 11.3 Å². The molecule has 1 heterocycles. The van der Waals surface area contributed by atoms with Gasteiger partial charge in [0, 0.05) is 41.1 Å². The highest BCUT2D eigenvalue weighted by Gasteiger charge is 2.11. The van der Waals surface area contributed by atoms with Crippen LogP contribution in [0.4, 0.5) is 5.69 Å². The summed E-state index contributed by atoms with van der Waals surface area (Å²) in [6, 6.07) is 10.9. The van der Waals surface area contributed by atoms with Crippen LogP contribution in [0.5, 0.6) is 0 Å². The van der Waals surface area contributed by atoms with Crippen LogP contribution in [0.2, 0.25) is 0 Å². The third-order valence-corrected chi connectivity index (χ3v) is 4.90. The maximum atomic E-state index is 10.7. The molecular formula is C16H20N2O3S. The molecule has 0 amide bonds. The first-order valence-electron chi connectivity index (χ1n) is 7.19. The zero-order chi connectivity index (χ0) is 16.1. The Morgan fingerprint density at radius 2 is 1.91 bits per heavy atom. The summed E-state index contributed by atoms with van der Waals surface area (Å²) in [5.74, 6) is 0.217. The van der Waals surface area contributed by atoms with E-state index in [1.807, 2.05) is 13.0 Å². The Balaban J connectivity index is 2.00. The van der Waals surface area contributed by atoms with E-state index in [2.05, 4.69) is 18.3 Å². The number of rotatable bonds is 7. The second-order valence-electron chi connectivity index (χ2n) is 5.40. The lowest BCUT2D eigenvalue weighted by molar-refractivity contribution is -0.384. The topological polar surface area (TPSA) is 75.4 Å². The fraction of sp³-hybridized carbons (Fsp3) is 0.375. The third-order valence-electron chi connectivity index (χ3n) is 3.76. The standard InChI is InChI=1S/C16H20N2O3S/c1-11(10-19)12(2)17-9-15-7-8-16(22-15)13-3-5-14(6-4-13)18(20)21/h3-8,11-12,17,19H,9-10H2,1-2H3. The summed E-state index contributed by atoms with van der Waals surface area (Å²) >= 11 is 1.67. The SMILES string of the molecule is CC(CO)C(C)NCc1ccc(-c2ccc([N+](=O)[O-])cc2)s1. The summed E-state index contributed by atoms with van der Waals surface area (Å²) in [7, 11) is 0. The lowest BCUT2D eigenvalue weighted by Gasteiger charge is -2.18. The lowest BCUT2D eigenvalue weighted by Crippen LogP contribution is -2.33. The summed E-state index contributed by atoms with van der Waals surface area (Å²) in [4.78, 5) is 12.6. The van der Waals surface area contributed by atoms with Crippen LogP contribution in [0.25, 0.3) is 10.4 Å². The summed E-state index contributed by atoms with van der Waals surface area (Å²) in [6.45, 7) is 5.00. The van der Waals surface area contributed by atoms with Crippen LogP contribution < -0.4 is 5.32 Å². The van der Waals surface area contributed by atoms with Crippen molar-refractivity contribution < 1.29 is 10.0 Å². The van der Waals surface area contributed by atoms with E-state index in [4.69, 9.17) is 5.11 Å². The molecule has 2 unspecified atom stereocenters. The summed E-state index contributed by atoms with van der Waals surface area (Å²) in [5.41, 5.74) is 1.09. The molecule has 0 spiro atoms. The van der Waals surface area contributed by atoms with E-state index >= 15 is 0 Å². The van der Waals surface area contributed by atoms with Gasteiger partial charge in [0.2, 0.25) is 0 Å². The molecule has 22 heavy (non-hydrogen) atoms. The molecule has 2 N–H and O–H groups in total. The fourth-order valence-electron chi connectivity index (χ4n) is 2.00. The molecule has 2 atom stereocenters. The number of hydrogen-bond donors (Lipinski definition) is 2. The van der Waals surface area contributed by atoms with Gasteiger partial charge < -0.3 is 10.4 Å². The Bertz CT molecular complexity index is 625. The van der Waals surface area contributed by atoms with Crippen LogP contribution in [0.15, 0.2) is 36.4 Å². The number of aliphatic hydroxyl groups excluding tert-OH is 1. The van der Waals surface area contributed by atoms with E-state index in [1.54, 1.807) is 23.5 Å². The lowest BCUT2D eigenvalue weighted by atomic mass is 10.1. The monoisotopic (exact) mass is 320 g/mol. The van der Waals surface area contributed by atoms with Crippen LogP contribution in [-0.2, 0) is 6.54 Å². The van der Waals surface area contributed by atoms with Crippen LogP contribution in [-0.4, -0.2) is 22.7 Å². The van der Waals surface area contributed by atoms with Crippen LogP contribution in [0.1, 0.15) is 18.7 Å². The number of thiophene rings is 1. The normalized spacial score (nSPS) is 13.8. The molecule has 0 aliphatic carbocycles. The molecule has 0 saturated carbocycles. The highest BCUT2D eigenvalue weighted by Crippen LogP contribution is 2.29. The first kappa shape index (κ1) is 16.6. The first-order valence-corrected chi connectivity index (χ1v) is 8.00. The third kappa shape index (κ3) is 4.13. The van der Waals surface area contributed by atoms with Crippen molar-refractivity contribution in [2.75, 3.05) is 6.61 Å². The van der Waals surface area contributed by atoms with Crippen LogP contribution in [0, 0.1) is 16.0 Å². The maximum Gasteiger partial charge on any atom is 0.269 e. The molecule has 2 aromatic rings. The molecule has 0 saturated heterocycles. The van der Waals surface area contributed by atoms with Crippen molar-refractivity contribution in [1.82, 2.24) is 5.32 Å². The molecule has 2 rings (SSSR count). The molecule has 118 valence electrons. The van der Waals surface area contributed by atoms with Crippen molar-refractivity contribution in [2.24, 2.45) is 5.92 Å². The predicted molar refractivity (Wildman–Crippen MR) is 89.0 cm³/mol. The average Bonchev–Trinajstić information content (AvgIpc) is 3.00. The van der Waals surface area contributed by atoms with Gasteiger partial charge in [-0.2, -0.15) is 0 Å². The smallest absolute Gasteiger partial charge is 0.269 e. The summed E-state index contributed by atoms with van der Waals surface area (Å²) < 4.78 is 0. The Kier molecular flexibility index (Phi) is 5.65. The number of hydrogen-bond acceptors (Lipinski definition) is 5. The largest absolute Gasteiger partial charge is 0.396 e. The number of nitro groups is 1. The van der Waals surface area contributed by atoms with E-state index in [0.717, 1.165) is 17.0 Å². The number of nitrogens with zero attached hydrogens (tertiary/aromatic N) is 1. The number of aliphatic hydroxyl groups is 1. The van der Waals surface area contributed by atoms with Crippen molar-refractivity contribution in [3.8, 4) is 10.4 Å². The van der Waals surface area contributed by atoms with Gasteiger partial charge in [0.25, 0.3) is 5.69 Å². The Morgan fingerprint density at radius 1 is 1.23 bits per heavy atom. The van der Waals surface area contributed by atoms with E-state index in [-0.39, 0.29) is 24.3 Å².